The quantitative estimate of drug-likeness (QED) is 0.688. The SMILES string of the molecule is CC(=O)c1ccc2c(c1C)CCC2N. The largest absolute Gasteiger partial charge is 0.324 e. The van der Waals surface area contributed by atoms with Gasteiger partial charge in [-0.25, -0.2) is 0 Å². The van der Waals surface area contributed by atoms with Crippen LogP contribution in [0.3, 0.4) is 0 Å². The highest BCUT2D eigenvalue weighted by Crippen LogP contribution is 2.32. The number of hydrogen-bond acceptors (Lipinski definition) is 2. The summed E-state index contributed by atoms with van der Waals surface area (Å²) < 4.78 is 0. The average Bonchev–Trinajstić information content (AvgIpc) is 2.49. The van der Waals surface area contributed by atoms with Crippen LogP contribution in [0.4, 0.5) is 0 Å². The Kier molecular flexibility index (Phi) is 2.16. The van der Waals surface area contributed by atoms with Crippen LogP contribution in [0, 0.1) is 6.92 Å². The van der Waals surface area contributed by atoms with E-state index in [0.29, 0.717) is 0 Å². The fourth-order valence-corrected chi connectivity index (χ4v) is 2.29. The summed E-state index contributed by atoms with van der Waals surface area (Å²) in [4.78, 5) is 11.3. The van der Waals surface area contributed by atoms with Gasteiger partial charge in [-0.05, 0) is 43.4 Å². The zero-order valence-electron chi connectivity index (χ0n) is 8.63. The van der Waals surface area contributed by atoms with E-state index in [-0.39, 0.29) is 11.8 Å². The molecule has 1 aromatic carbocycles. The number of benzene rings is 1. The molecular formula is C12H15NO. The van der Waals surface area contributed by atoms with Crippen molar-refractivity contribution in [3.63, 3.8) is 0 Å². The number of carbonyl (C=O) groups is 1. The average molecular weight is 189 g/mol. The van der Waals surface area contributed by atoms with E-state index in [1.165, 1.54) is 11.1 Å². The monoisotopic (exact) mass is 189 g/mol. The Hall–Kier alpha value is -1.15. The highest BCUT2D eigenvalue weighted by atomic mass is 16.1. The van der Waals surface area contributed by atoms with E-state index in [4.69, 9.17) is 5.73 Å². The zero-order chi connectivity index (χ0) is 10.3. The van der Waals surface area contributed by atoms with Gasteiger partial charge in [-0.3, -0.25) is 4.79 Å². The van der Waals surface area contributed by atoms with Crippen LogP contribution in [0.25, 0.3) is 0 Å². The highest BCUT2D eigenvalue weighted by molar-refractivity contribution is 5.96. The molecule has 0 saturated heterocycles. The third kappa shape index (κ3) is 1.26. The van der Waals surface area contributed by atoms with Crippen LogP contribution < -0.4 is 5.73 Å². The number of fused-ring (bicyclic) bond motifs is 1. The smallest absolute Gasteiger partial charge is 0.160 e. The first-order valence-corrected chi connectivity index (χ1v) is 5.00. The van der Waals surface area contributed by atoms with Crippen molar-refractivity contribution < 1.29 is 4.79 Å². The van der Waals surface area contributed by atoms with Crippen LogP contribution in [-0.2, 0) is 6.42 Å². The Morgan fingerprint density at radius 1 is 1.50 bits per heavy atom. The summed E-state index contributed by atoms with van der Waals surface area (Å²) in [5.74, 6) is 0.144. The number of rotatable bonds is 1. The molecule has 0 aliphatic heterocycles. The van der Waals surface area contributed by atoms with Gasteiger partial charge in [-0.2, -0.15) is 0 Å². The molecule has 74 valence electrons. The highest BCUT2D eigenvalue weighted by Gasteiger charge is 2.22. The van der Waals surface area contributed by atoms with Crippen molar-refractivity contribution in [1.29, 1.82) is 0 Å². The number of nitrogens with two attached hydrogens (primary N) is 1. The lowest BCUT2D eigenvalue weighted by atomic mass is 9.96. The minimum absolute atomic E-state index is 0.144. The Morgan fingerprint density at radius 2 is 2.21 bits per heavy atom. The van der Waals surface area contributed by atoms with Gasteiger partial charge in [-0.1, -0.05) is 12.1 Å². The van der Waals surface area contributed by atoms with Gasteiger partial charge in [0.15, 0.2) is 5.78 Å². The molecule has 0 bridgehead atoms. The lowest BCUT2D eigenvalue weighted by Crippen LogP contribution is -2.06. The molecule has 0 saturated carbocycles. The molecule has 0 heterocycles. The van der Waals surface area contributed by atoms with Crippen molar-refractivity contribution in [2.45, 2.75) is 32.7 Å². The van der Waals surface area contributed by atoms with Crippen molar-refractivity contribution in [1.82, 2.24) is 0 Å². The number of carbonyl (C=O) groups excluding carboxylic acids is 1. The van der Waals surface area contributed by atoms with Crippen LogP contribution in [0.15, 0.2) is 12.1 Å². The van der Waals surface area contributed by atoms with E-state index in [9.17, 15) is 4.79 Å². The maximum absolute atomic E-state index is 11.3. The maximum atomic E-state index is 11.3. The molecule has 2 nitrogen and oxygen atoms in total. The fraction of sp³-hybridized carbons (Fsp3) is 0.417. The molecule has 1 aromatic rings. The molecule has 1 atom stereocenters. The second kappa shape index (κ2) is 3.21. The van der Waals surface area contributed by atoms with Crippen LogP contribution in [0.1, 0.15) is 46.4 Å². The van der Waals surface area contributed by atoms with Crippen molar-refractivity contribution >= 4 is 5.78 Å². The Balaban J connectivity index is 2.58. The molecule has 1 aliphatic carbocycles. The molecule has 2 N–H and O–H groups in total. The van der Waals surface area contributed by atoms with Crippen molar-refractivity contribution in [3.05, 3.63) is 34.4 Å². The number of Topliss-reactive ketones (excluding diaryl/α,β-unsaturated/α-hetero) is 1. The molecule has 0 amide bonds. The normalized spacial score (nSPS) is 19.5. The van der Waals surface area contributed by atoms with Crippen LogP contribution in [-0.4, -0.2) is 5.78 Å². The minimum Gasteiger partial charge on any atom is -0.324 e. The summed E-state index contributed by atoms with van der Waals surface area (Å²) in [6.45, 7) is 3.64. The van der Waals surface area contributed by atoms with E-state index in [2.05, 4.69) is 0 Å². The first kappa shape index (κ1) is 9.41. The van der Waals surface area contributed by atoms with Gasteiger partial charge in [0, 0.05) is 11.6 Å². The van der Waals surface area contributed by atoms with Gasteiger partial charge in [0.1, 0.15) is 0 Å². The van der Waals surface area contributed by atoms with E-state index in [1.54, 1.807) is 6.92 Å². The Morgan fingerprint density at radius 3 is 2.86 bits per heavy atom. The van der Waals surface area contributed by atoms with Crippen molar-refractivity contribution in [2.24, 2.45) is 5.73 Å². The second-order valence-electron chi connectivity index (χ2n) is 4.01. The van der Waals surface area contributed by atoms with Crippen molar-refractivity contribution in [2.75, 3.05) is 0 Å². The van der Waals surface area contributed by atoms with Gasteiger partial charge in [0.2, 0.25) is 0 Å². The first-order valence-electron chi connectivity index (χ1n) is 5.00. The molecule has 2 heteroatoms. The lowest BCUT2D eigenvalue weighted by molar-refractivity contribution is 0.101. The standard InChI is InChI=1S/C12H15NO/c1-7-9(8(2)14)3-4-11-10(7)5-6-12(11)13/h3-4,12H,5-6,13H2,1-2H3. The summed E-state index contributed by atoms with van der Waals surface area (Å²) in [6, 6.07) is 4.09. The summed E-state index contributed by atoms with van der Waals surface area (Å²) in [5, 5.41) is 0. The molecule has 0 fully saturated rings. The minimum atomic E-state index is 0.144. The molecule has 0 radical (unpaired) electrons. The molecule has 1 unspecified atom stereocenters. The fourth-order valence-electron chi connectivity index (χ4n) is 2.29. The number of ketones is 1. The van der Waals surface area contributed by atoms with Gasteiger partial charge in [0.05, 0.1) is 0 Å². The topological polar surface area (TPSA) is 43.1 Å². The summed E-state index contributed by atoms with van der Waals surface area (Å²) in [5.41, 5.74) is 10.5. The van der Waals surface area contributed by atoms with Crippen molar-refractivity contribution in [3.8, 4) is 0 Å². The van der Waals surface area contributed by atoms with Gasteiger partial charge < -0.3 is 5.73 Å². The van der Waals surface area contributed by atoms with Crippen LogP contribution >= 0.6 is 0 Å². The second-order valence-corrected chi connectivity index (χ2v) is 4.01. The third-order valence-corrected chi connectivity index (χ3v) is 3.12. The van der Waals surface area contributed by atoms with E-state index in [1.807, 2.05) is 19.1 Å². The molecule has 2 rings (SSSR count). The first-order chi connectivity index (χ1) is 6.61. The molecule has 0 spiro atoms. The third-order valence-electron chi connectivity index (χ3n) is 3.12. The summed E-state index contributed by atoms with van der Waals surface area (Å²) in [7, 11) is 0. The molecule has 0 aromatic heterocycles. The van der Waals surface area contributed by atoms with E-state index in [0.717, 1.165) is 24.0 Å². The van der Waals surface area contributed by atoms with Gasteiger partial charge in [-0.15, -0.1) is 0 Å². The predicted molar refractivity (Wildman–Crippen MR) is 56.4 cm³/mol. The van der Waals surface area contributed by atoms with E-state index >= 15 is 0 Å². The Bertz CT molecular complexity index is 396. The molecule has 14 heavy (non-hydrogen) atoms. The Labute approximate surface area is 84.1 Å². The molecule has 1 aliphatic rings. The van der Waals surface area contributed by atoms with Crippen LogP contribution in [0.2, 0.25) is 0 Å². The van der Waals surface area contributed by atoms with Crippen LogP contribution in [0.5, 0.6) is 0 Å². The molecular weight excluding hydrogens is 174 g/mol. The zero-order valence-corrected chi connectivity index (χ0v) is 8.63. The van der Waals surface area contributed by atoms with Gasteiger partial charge in [0.25, 0.3) is 0 Å². The predicted octanol–water partition coefficient (Wildman–Crippen LogP) is 2.14. The summed E-state index contributed by atoms with van der Waals surface area (Å²) in [6.07, 6.45) is 2.03. The van der Waals surface area contributed by atoms with Gasteiger partial charge >= 0.3 is 0 Å². The number of hydrogen-bond donors (Lipinski definition) is 1. The lowest BCUT2D eigenvalue weighted by Gasteiger charge is -2.09. The van der Waals surface area contributed by atoms with E-state index < -0.39 is 0 Å². The summed E-state index contributed by atoms with van der Waals surface area (Å²) >= 11 is 0. The maximum Gasteiger partial charge on any atom is 0.160 e.